The second-order valence-electron chi connectivity index (χ2n) is 9.23. The molecule has 2 aliphatic rings. The first-order chi connectivity index (χ1) is 15.8. The van der Waals surface area contributed by atoms with Gasteiger partial charge in [-0.2, -0.15) is 0 Å². The van der Waals surface area contributed by atoms with Crippen LogP contribution >= 0.6 is 0 Å². The van der Waals surface area contributed by atoms with E-state index in [1.165, 1.54) is 24.3 Å². The minimum atomic E-state index is -0.474. The number of carbonyl (C=O) groups excluding carboxylic acids is 2. The lowest BCUT2D eigenvalue weighted by atomic mass is 9.89. The molecule has 1 aromatic carbocycles. The summed E-state index contributed by atoms with van der Waals surface area (Å²) in [6.45, 7) is 6.86. The molecule has 0 spiro atoms. The fourth-order valence-electron chi connectivity index (χ4n) is 4.72. The van der Waals surface area contributed by atoms with Crippen LogP contribution in [0.25, 0.3) is 0 Å². The van der Waals surface area contributed by atoms with Gasteiger partial charge in [-0.15, -0.1) is 0 Å². The average Bonchev–Trinajstić information content (AvgIpc) is 2.84. The lowest BCUT2D eigenvalue weighted by molar-refractivity contribution is -0.384. The minimum Gasteiger partial charge on any atom is -0.339 e. The first-order valence-corrected chi connectivity index (χ1v) is 11.6. The van der Waals surface area contributed by atoms with E-state index >= 15 is 0 Å². The van der Waals surface area contributed by atoms with Gasteiger partial charge in [-0.25, -0.2) is 0 Å². The van der Waals surface area contributed by atoms with E-state index in [9.17, 15) is 19.7 Å². The van der Waals surface area contributed by atoms with Gasteiger partial charge in [0.2, 0.25) is 0 Å². The Kier molecular flexibility index (Phi) is 6.72. The standard InChI is InChI=1S/C25H30N4O4/c1-17-9-13-28(14-10-17)25(31)22-8-3-18(2)26-23(22)19-11-15-27(16-12-19)24(30)20-4-6-21(7-5-20)29(32)33/h3-8,17,19H,9-16H2,1-2H3. The normalized spacial score (nSPS) is 17.8. The zero-order valence-electron chi connectivity index (χ0n) is 19.2. The number of pyridine rings is 1. The monoisotopic (exact) mass is 450 g/mol. The summed E-state index contributed by atoms with van der Waals surface area (Å²) in [6.07, 6.45) is 3.52. The van der Waals surface area contributed by atoms with Gasteiger partial charge in [0.1, 0.15) is 0 Å². The van der Waals surface area contributed by atoms with Crippen molar-refractivity contribution in [3.63, 3.8) is 0 Å². The van der Waals surface area contributed by atoms with Gasteiger partial charge in [0, 0.05) is 55.5 Å². The number of hydrogen-bond acceptors (Lipinski definition) is 5. The Bertz CT molecular complexity index is 1040. The van der Waals surface area contributed by atoms with Gasteiger partial charge in [-0.05, 0) is 62.8 Å². The van der Waals surface area contributed by atoms with Crippen LogP contribution in [0, 0.1) is 23.0 Å². The van der Waals surface area contributed by atoms with Crippen LogP contribution < -0.4 is 0 Å². The summed E-state index contributed by atoms with van der Waals surface area (Å²) in [5.41, 5.74) is 2.84. The van der Waals surface area contributed by atoms with E-state index in [0.717, 1.165) is 50.2 Å². The zero-order valence-corrected chi connectivity index (χ0v) is 19.2. The van der Waals surface area contributed by atoms with Gasteiger partial charge < -0.3 is 9.80 Å². The minimum absolute atomic E-state index is 0.0314. The third-order valence-corrected chi connectivity index (χ3v) is 6.86. The highest BCUT2D eigenvalue weighted by Gasteiger charge is 2.30. The molecule has 2 aromatic rings. The van der Waals surface area contributed by atoms with Crippen LogP contribution in [0.3, 0.4) is 0 Å². The molecule has 2 saturated heterocycles. The molecule has 33 heavy (non-hydrogen) atoms. The molecule has 0 radical (unpaired) electrons. The predicted molar refractivity (Wildman–Crippen MR) is 124 cm³/mol. The Balaban J connectivity index is 1.45. The largest absolute Gasteiger partial charge is 0.339 e. The second kappa shape index (κ2) is 9.68. The second-order valence-corrected chi connectivity index (χ2v) is 9.23. The number of aryl methyl sites for hydroxylation is 1. The SMILES string of the molecule is Cc1ccc(C(=O)N2CCC(C)CC2)c(C2CCN(C(=O)c3ccc([N+](=O)[O-])cc3)CC2)n1. The molecule has 174 valence electrons. The lowest BCUT2D eigenvalue weighted by Gasteiger charge is -2.34. The molecule has 0 bridgehead atoms. The number of aromatic nitrogens is 1. The summed E-state index contributed by atoms with van der Waals surface area (Å²) >= 11 is 0. The number of benzene rings is 1. The van der Waals surface area contributed by atoms with Gasteiger partial charge >= 0.3 is 0 Å². The number of carbonyl (C=O) groups is 2. The number of piperidine rings is 2. The van der Waals surface area contributed by atoms with Gasteiger partial charge in [-0.1, -0.05) is 6.92 Å². The fraction of sp³-hybridized carbons (Fsp3) is 0.480. The van der Waals surface area contributed by atoms with Gasteiger partial charge in [0.25, 0.3) is 17.5 Å². The van der Waals surface area contributed by atoms with E-state index in [1.54, 1.807) is 4.90 Å². The number of rotatable bonds is 4. The zero-order chi connectivity index (χ0) is 23.5. The van der Waals surface area contributed by atoms with E-state index in [1.807, 2.05) is 24.0 Å². The van der Waals surface area contributed by atoms with Crippen LogP contribution in [0.15, 0.2) is 36.4 Å². The molecular weight excluding hydrogens is 420 g/mol. The van der Waals surface area contributed by atoms with Crippen molar-refractivity contribution in [2.45, 2.75) is 45.4 Å². The first-order valence-electron chi connectivity index (χ1n) is 11.6. The van der Waals surface area contributed by atoms with Gasteiger partial charge in [0.05, 0.1) is 16.2 Å². The van der Waals surface area contributed by atoms with E-state index in [4.69, 9.17) is 4.98 Å². The first kappa shape index (κ1) is 22.9. The van der Waals surface area contributed by atoms with E-state index in [2.05, 4.69) is 6.92 Å². The van der Waals surface area contributed by atoms with E-state index in [-0.39, 0.29) is 23.4 Å². The molecule has 8 heteroatoms. The number of amides is 2. The van der Waals surface area contributed by atoms with Crippen LogP contribution in [-0.2, 0) is 0 Å². The molecule has 4 rings (SSSR count). The van der Waals surface area contributed by atoms with Crippen molar-refractivity contribution in [3.05, 3.63) is 69.0 Å². The topological polar surface area (TPSA) is 96.7 Å². The molecular formula is C25H30N4O4. The van der Waals surface area contributed by atoms with Crippen molar-refractivity contribution in [2.24, 2.45) is 5.92 Å². The number of nitro groups is 1. The molecule has 8 nitrogen and oxygen atoms in total. The third-order valence-electron chi connectivity index (χ3n) is 6.86. The number of likely N-dealkylation sites (tertiary alicyclic amines) is 2. The summed E-state index contributed by atoms with van der Waals surface area (Å²) in [7, 11) is 0. The predicted octanol–water partition coefficient (Wildman–Crippen LogP) is 4.19. The Morgan fingerprint density at radius 1 is 0.909 bits per heavy atom. The quantitative estimate of drug-likeness (QED) is 0.514. The highest BCUT2D eigenvalue weighted by atomic mass is 16.6. The molecule has 0 unspecified atom stereocenters. The van der Waals surface area contributed by atoms with Crippen molar-refractivity contribution in [2.75, 3.05) is 26.2 Å². The molecule has 0 saturated carbocycles. The van der Waals surface area contributed by atoms with Crippen LogP contribution in [0.2, 0.25) is 0 Å². The summed E-state index contributed by atoms with van der Waals surface area (Å²) < 4.78 is 0. The average molecular weight is 451 g/mol. The Hall–Kier alpha value is -3.29. The van der Waals surface area contributed by atoms with Gasteiger partial charge in [0.15, 0.2) is 0 Å². The maximum absolute atomic E-state index is 13.3. The van der Waals surface area contributed by atoms with E-state index < -0.39 is 4.92 Å². The molecule has 0 aliphatic carbocycles. The van der Waals surface area contributed by atoms with Crippen molar-refractivity contribution in [3.8, 4) is 0 Å². The molecule has 2 aliphatic heterocycles. The van der Waals surface area contributed by atoms with Crippen LogP contribution in [0.5, 0.6) is 0 Å². The van der Waals surface area contributed by atoms with Crippen molar-refractivity contribution < 1.29 is 14.5 Å². The molecule has 1 aromatic heterocycles. The van der Waals surface area contributed by atoms with Crippen molar-refractivity contribution in [1.29, 1.82) is 0 Å². The smallest absolute Gasteiger partial charge is 0.269 e. The maximum atomic E-state index is 13.3. The van der Waals surface area contributed by atoms with Gasteiger partial charge in [-0.3, -0.25) is 24.7 Å². The highest BCUT2D eigenvalue weighted by Crippen LogP contribution is 2.31. The summed E-state index contributed by atoms with van der Waals surface area (Å²) in [5.74, 6) is 0.712. The summed E-state index contributed by atoms with van der Waals surface area (Å²) in [4.78, 5) is 45.0. The number of non-ortho nitro benzene ring substituents is 1. The lowest BCUT2D eigenvalue weighted by Crippen LogP contribution is -2.40. The van der Waals surface area contributed by atoms with Crippen molar-refractivity contribution in [1.82, 2.24) is 14.8 Å². The fourth-order valence-corrected chi connectivity index (χ4v) is 4.72. The molecule has 3 heterocycles. The number of nitro benzene ring substituents is 1. The maximum Gasteiger partial charge on any atom is 0.269 e. The third kappa shape index (κ3) is 5.05. The Morgan fingerprint density at radius 3 is 2.09 bits per heavy atom. The van der Waals surface area contributed by atoms with E-state index in [0.29, 0.717) is 30.1 Å². The number of nitrogens with zero attached hydrogens (tertiary/aromatic N) is 4. The summed E-state index contributed by atoms with van der Waals surface area (Å²) in [5, 5.41) is 10.8. The summed E-state index contributed by atoms with van der Waals surface area (Å²) in [6, 6.07) is 9.53. The molecule has 2 amide bonds. The highest BCUT2D eigenvalue weighted by molar-refractivity contribution is 5.96. The number of hydrogen-bond donors (Lipinski definition) is 0. The molecule has 0 N–H and O–H groups in total. The molecule has 2 fully saturated rings. The van der Waals surface area contributed by atoms with Crippen LogP contribution in [-0.4, -0.2) is 57.7 Å². The Morgan fingerprint density at radius 2 is 1.48 bits per heavy atom. The van der Waals surface area contributed by atoms with Crippen LogP contribution in [0.4, 0.5) is 5.69 Å². The molecule has 0 atom stereocenters. The van der Waals surface area contributed by atoms with Crippen molar-refractivity contribution >= 4 is 17.5 Å². The van der Waals surface area contributed by atoms with Crippen LogP contribution in [0.1, 0.15) is 70.6 Å². The Labute approximate surface area is 193 Å².